The lowest BCUT2D eigenvalue weighted by molar-refractivity contribution is -0.386. The number of benzene rings is 1. The molecule has 0 aliphatic heterocycles. The monoisotopic (exact) mass is 331 g/mol. The number of nitrogens with zero attached hydrogens (tertiary/aromatic N) is 1. The van der Waals surface area contributed by atoms with Crippen LogP contribution in [0.25, 0.3) is 0 Å². The van der Waals surface area contributed by atoms with Gasteiger partial charge in [-0.15, -0.1) is 0 Å². The number of hydrogen-bond donors (Lipinski definition) is 0. The van der Waals surface area contributed by atoms with Crippen molar-refractivity contribution in [1.29, 1.82) is 0 Å². The zero-order valence-electron chi connectivity index (χ0n) is 10.6. The van der Waals surface area contributed by atoms with Gasteiger partial charge in [-0.2, -0.15) is 0 Å². The zero-order valence-corrected chi connectivity index (χ0v) is 12.2. The van der Waals surface area contributed by atoms with Gasteiger partial charge in [0.25, 0.3) is 0 Å². The molecule has 0 atom stereocenters. The molecule has 0 aromatic heterocycles. The van der Waals surface area contributed by atoms with Crippen LogP contribution in [0.5, 0.6) is 5.75 Å². The van der Waals surface area contributed by atoms with Gasteiger partial charge in [0.15, 0.2) is 0 Å². The summed E-state index contributed by atoms with van der Waals surface area (Å²) in [4.78, 5) is 22.1. The van der Waals surface area contributed by atoms with E-state index in [0.29, 0.717) is 11.1 Å². The van der Waals surface area contributed by atoms with Gasteiger partial charge >= 0.3 is 11.7 Å². The molecule has 0 saturated carbocycles. The Kier molecular flexibility index (Phi) is 5.75. The van der Waals surface area contributed by atoms with Gasteiger partial charge in [0.2, 0.25) is 5.75 Å². The first kappa shape index (κ1) is 15.4. The maximum absolute atomic E-state index is 11.6. The molecule has 0 saturated heterocycles. The summed E-state index contributed by atoms with van der Waals surface area (Å²) < 4.78 is 10.4. The predicted octanol–water partition coefficient (Wildman–Crippen LogP) is 3.32. The van der Waals surface area contributed by atoms with E-state index in [2.05, 4.69) is 20.7 Å². The Morgan fingerprint density at radius 3 is 2.68 bits per heavy atom. The van der Waals surface area contributed by atoms with Crippen molar-refractivity contribution in [3.05, 3.63) is 32.3 Å². The number of hydrogen-bond acceptors (Lipinski definition) is 5. The average Bonchev–Trinajstić information content (AvgIpc) is 2.38. The van der Waals surface area contributed by atoms with Gasteiger partial charge in [-0.3, -0.25) is 10.1 Å². The molecule has 1 aromatic carbocycles. The zero-order chi connectivity index (χ0) is 14.4. The van der Waals surface area contributed by atoms with Crippen molar-refractivity contribution in [1.82, 2.24) is 0 Å². The van der Waals surface area contributed by atoms with Gasteiger partial charge in [0.05, 0.1) is 18.6 Å². The van der Waals surface area contributed by atoms with E-state index in [1.807, 2.05) is 6.92 Å². The highest BCUT2D eigenvalue weighted by Crippen LogP contribution is 2.35. The summed E-state index contributed by atoms with van der Waals surface area (Å²) in [5.41, 5.74) is -0.217. The molecule has 0 heterocycles. The summed E-state index contributed by atoms with van der Waals surface area (Å²) in [5, 5.41) is 11.0. The van der Waals surface area contributed by atoms with Crippen LogP contribution in [0, 0.1) is 10.1 Å². The number of esters is 1. The number of carbonyl (C=O) groups is 1. The lowest BCUT2D eigenvalue weighted by atomic mass is 10.1. The third kappa shape index (κ3) is 3.92. The van der Waals surface area contributed by atoms with Gasteiger partial charge in [0.1, 0.15) is 5.56 Å². The molecule has 1 rings (SSSR count). The minimum absolute atomic E-state index is 0.0414. The van der Waals surface area contributed by atoms with E-state index >= 15 is 0 Å². The molecule has 1 aromatic rings. The Hall–Kier alpha value is -1.63. The molecule has 7 heteroatoms. The predicted molar refractivity (Wildman–Crippen MR) is 72.5 cm³/mol. The fourth-order valence-electron chi connectivity index (χ4n) is 1.45. The van der Waals surface area contributed by atoms with E-state index in [9.17, 15) is 14.9 Å². The molecular weight excluding hydrogens is 318 g/mol. The average molecular weight is 332 g/mol. The highest BCUT2D eigenvalue weighted by Gasteiger charge is 2.25. The smallest absolute Gasteiger partial charge is 0.341 e. The first-order chi connectivity index (χ1) is 9.01. The molecule has 0 radical (unpaired) electrons. The Morgan fingerprint density at radius 1 is 1.47 bits per heavy atom. The second-order valence-corrected chi connectivity index (χ2v) is 4.67. The molecule has 0 aliphatic rings. The maximum atomic E-state index is 11.6. The van der Waals surface area contributed by atoms with E-state index in [-0.39, 0.29) is 17.0 Å². The van der Waals surface area contributed by atoms with Gasteiger partial charge in [0, 0.05) is 10.5 Å². The highest BCUT2D eigenvalue weighted by molar-refractivity contribution is 9.10. The van der Waals surface area contributed by atoms with Gasteiger partial charge in [-0.05, 0) is 12.5 Å². The number of ether oxygens (including phenoxy) is 2. The number of rotatable bonds is 6. The maximum Gasteiger partial charge on any atom is 0.341 e. The van der Waals surface area contributed by atoms with Crippen molar-refractivity contribution in [2.45, 2.75) is 19.8 Å². The van der Waals surface area contributed by atoms with Crippen molar-refractivity contribution in [2.75, 3.05) is 13.7 Å². The number of unbranched alkanes of at least 4 members (excludes halogenated alkanes) is 1. The summed E-state index contributed by atoms with van der Waals surface area (Å²) in [5.74, 6) is -0.718. The molecule has 0 unspecified atom stereocenters. The van der Waals surface area contributed by atoms with Crippen molar-refractivity contribution in [3.8, 4) is 5.75 Å². The second kappa shape index (κ2) is 7.08. The molecular formula is C12H14BrNO5. The minimum atomic E-state index is -0.670. The third-order valence-corrected chi connectivity index (χ3v) is 2.84. The first-order valence-corrected chi connectivity index (χ1v) is 6.49. The molecule has 104 valence electrons. The SMILES string of the molecule is CCCCOc1c(C(=O)OC)cc(Br)cc1[N+](=O)[O-]. The van der Waals surface area contributed by atoms with Crippen LogP contribution in [0.1, 0.15) is 30.1 Å². The summed E-state index contributed by atoms with van der Waals surface area (Å²) in [6.07, 6.45) is 1.63. The number of nitro groups is 1. The largest absolute Gasteiger partial charge is 0.486 e. The van der Waals surface area contributed by atoms with Crippen molar-refractivity contribution >= 4 is 27.6 Å². The van der Waals surface area contributed by atoms with Crippen LogP contribution in [-0.2, 0) is 4.74 Å². The van der Waals surface area contributed by atoms with Gasteiger partial charge < -0.3 is 9.47 Å². The molecule has 0 bridgehead atoms. The van der Waals surface area contributed by atoms with Crippen LogP contribution >= 0.6 is 15.9 Å². The third-order valence-electron chi connectivity index (χ3n) is 2.38. The number of nitro benzene ring substituents is 1. The molecule has 0 N–H and O–H groups in total. The van der Waals surface area contributed by atoms with E-state index < -0.39 is 10.9 Å². The van der Waals surface area contributed by atoms with Crippen LogP contribution in [0.15, 0.2) is 16.6 Å². The first-order valence-electron chi connectivity index (χ1n) is 5.70. The van der Waals surface area contributed by atoms with Gasteiger partial charge in [-0.25, -0.2) is 4.79 Å². The lowest BCUT2D eigenvalue weighted by Gasteiger charge is -2.10. The number of carbonyl (C=O) groups excluding carboxylic acids is 1. The fraction of sp³-hybridized carbons (Fsp3) is 0.417. The van der Waals surface area contributed by atoms with E-state index in [0.717, 1.165) is 12.8 Å². The Bertz CT molecular complexity index is 489. The van der Waals surface area contributed by atoms with Crippen molar-refractivity contribution in [3.63, 3.8) is 0 Å². The Morgan fingerprint density at radius 2 is 2.16 bits per heavy atom. The summed E-state index contributed by atoms with van der Waals surface area (Å²) in [6.45, 7) is 2.28. The van der Waals surface area contributed by atoms with Crippen LogP contribution in [0.3, 0.4) is 0 Å². The van der Waals surface area contributed by atoms with Crippen LogP contribution in [-0.4, -0.2) is 24.6 Å². The van der Waals surface area contributed by atoms with E-state index in [1.165, 1.54) is 19.2 Å². The van der Waals surface area contributed by atoms with Crippen LogP contribution in [0.2, 0.25) is 0 Å². The fourth-order valence-corrected chi connectivity index (χ4v) is 1.89. The summed E-state index contributed by atoms with van der Waals surface area (Å²) in [7, 11) is 1.21. The molecule has 0 aliphatic carbocycles. The topological polar surface area (TPSA) is 78.7 Å². The number of halogens is 1. The molecule has 0 spiro atoms. The normalized spacial score (nSPS) is 10.1. The molecule has 19 heavy (non-hydrogen) atoms. The molecule has 0 amide bonds. The standard InChI is InChI=1S/C12H14BrNO5/c1-3-4-5-19-11-9(12(15)18-2)6-8(13)7-10(11)14(16)17/h6-7H,3-5H2,1-2H3. The van der Waals surface area contributed by atoms with Crippen molar-refractivity contribution in [2.24, 2.45) is 0 Å². The molecule has 6 nitrogen and oxygen atoms in total. The van der Waals surface area contributed by atoms with E-state index in [1.54, 1.807) is 0 Å². The molecule has 0 fully saturated rings. The van der Waals surface area contributed by atoms with Crippen LogP contribution in [0.4, 0.5) is 5.69 Å². The Balaban J connectivity index is 3.26. The number of methoxy groups -OCH3 is 1. The van der Waals surface area contributed by atoms with Crippen LogP contribution < -0.4 is 4.74 Å². The Labute approximate surface area is 119 Å². The summed E-state index contributed by atoms with van der Waals surface area (Å²) >= 11 is 3.13. The highest BCUT2D eigenvalue weighted by atomic mass is 79.9. The minimum Gasteiger partial charge on any atom is -0.486 e. The van der Waals surface area contributed by atoms with Gasteiger partial charge in [-0.1, -0.05) is 29.3 Å². The summed E-state index contributed by atoms with van der Waals surface area (Å²) in [6, 6.07) is 2.74. The second-order valence-electron chi connectivity index (χ2n) is 3.75. The van der Waals surface area contributed by atoms with E-state index in [4.69, 9.17) is 4.74 Å². The van der Waals surface area contributed by atoms with Crippen molar-refractivity contribution < 1.29 is 19.2 Å². The quantitative estimate of drug-likeness (QED) is 0.346. The lowest BCUT2D eigenvalue weighted by Crippen LogP contribution is -2.09.